The van der Waals surface area contributed by atoms with Gasteiger partial charge in [-0.15, -0.1) is 0 Å². The van der Waals surface area contributed by atoms with E-state index in [0.717, 1.165) is 18.6 Å². The molecule has 1 saturated heterocycles. The molecule has 0 spiro atoms. The summed E-state index contributed by atoms with van der Waals surface area (Å²) in [7, 11) is 0. The van der Waals surface area contributed by atoms with Gasteiger partial charge in [-0.1, -0.05) is 24.8 Å². The monoisotopic (exact) mass is 455 g/mol. The molecule has 1 fully saturated rings. The van der Waals surface area contributed by atoms with Crippen LogP contribution in [0.15, 0.2) is 84.3 Å². The molecule has 5 rings (SSSR count). The van der Waals surface area contributed by atoms with Crippen LogP contribution >= 0.6 is 0 Å². The second kappa shape index (κ2) is 8.90. The van der Waals surface area contributed by atoms with Crippen molar-refractivity contribution in [3.63, 3.8) is 0 Å². The summed E-state index contributed by atoms with van der Waals surface area (Å²) in [5, 5.41) is 0. The van der Waals surface area contributed by atoms with Gasteiger partial charge in [-0.05, 0) is 61.4 Å². The molecule has 1 aliphatic rings. The number of pyridine rings is 1. The van der Waals surface area contributed by atoms with Crippen molar-refractivity contribution in [1.82, 2.24) is 19.0 Å². The molecule has 1 aliphatic heterocycles. The highest BCUT2D eigenvalue weighted by Crippen LogP contribution is 2.27. The molecule has 2 aromatic heterocycles. The molecule has 8 nitrogen and oxygen atoms in total. The van der Waals surface area contributed by atoms with Crippen molar-refractivity contribution in [2.45, 2.75) is 25.4 Å². The van der Waals surface area contributed by atoms with E-state index in [9.17, 15) is 9.59 Å². The van der Waals surface area contributed by atoms with Gasteiger partial charge in [-0.3, -0.25) is 13.9 Å². The fraction of sp³-hybridized carbons (Fsp3) is 0.192. The van der Waals surface area contributed by atoms with Crippen molar-refractivity contribution < 1.29 is 9.53 Å². The van der Waals surface area contributed by atoms with E-state index in [0.29, 0.717) is 35.6 Å². The minimum absolute atomic E-state index is 0.0849. The van der Waals surface area contributed by atoms with E-state index in [-0.39, 0.29) is 23.5 Å². The zero-order chi connectivity index (χ0) is 23.7. The van der Waals surface area contributed by atoms with Crippen LogP contribution in [0.4, 0.5) is 5.82 Å². The fourth-order valence-corrected chi connectivity index (χ4v) is 4.57. The third kappa shape index (κ3) is 3.83. The summed E-state index contributed by atoms with van der Waals surface area (Å²) in [6, 6.07) is 18.4. The normalized spacial score (nSPS) is 15.5. The van der Waals surface area contributed by atoms with Gasteiger partial charge in [0.2, 0.25) is 5.91 Å². The number of ether oxygens (including phenoxy) is 1. The van der Waals surface area contributed by atoms with Crippen LogP contribution < -0.4 is 16.2 Å². The number of carbonyl (C=O) groups excluding carboxylic acids is 1. The summed E-state index contributed by atoms with van der Waals surface area (Å²) < 4.78 is 9.12. The molecule has 0 radical (unpaired) electrons. The Morgan fingerprint density at radius 1 is 1.12 bits per heavy atom. The minimum atomic E-state index is -0.232. The number of hydrogen-bond donors (Lipinski definition) is 1. The van der Waals surface area contributed by atoms with Gasteiger partial charge >= 0.3 is 5.69 Å². The Kier molecular flexibility index (Phi) is 5.63. The number of nitrogen functional groups attached to an aromatic ring is 1. The quantitative estimate of drug-likeness (QED) is 0.447. The molecule has 0 unspecified atom stereocenters. The van der Waals surface area contributed by atoms with E-state index in [1.54, 1.807) is 26.3 Å². The van der Waals surface area contributed by atoms with Crippen molar-refractivity contribution in [2.24, 2.45) is 0 Å². The number of nitrogens with two attached hydrogens (primary N) is 1. The summed E-state index contributed by atoms with van der Waals surface area (Å²) in [6.45, 7) is 4.64. The van der Waals surface area contributed by atoms with E-state index < -0.39 is 0 Å². The van der Waals surface area contributed by atoms with Crippen LogP contribution in [0.5, 0.6) is 11.5 Å². The SMILES string of the molecule is C=CC(=O)N1CCC[C@H]1Cn1c(=O)n(-c2ccc(Oc3ccccc3)cc2)c2c(N)nccc21. The first-order valence-electron chi connectivity index (χ1n) is 11.2. The number of carbonyl (C=O) groups is 1. The molecule has 2 aromatic carbocycles. The van der Waals surface area contributed by atoms with E-state index in [4.69, 9.17) is 10.5 Å². The maximum atomic E-state index is 13.6. The maximum absolute atomic E-state index is 13.6. The first-order chi connectivity index (χ1) is 16.6. The summed E-state index contributed by atoms with van der Waals surface area (Å²) in [4.78, 5) is 31.9. The highest BCUT2D eigenvalue weighted by molar-refractivity contribution is 5.88. The Morgan fingerprint density at radius 2 is 1.85 bits per heavy atom. The Morgan fingerprint density at radius 3 is 2.59 bits per heavy atom. The average molecular weight is 456 g/mol. The van der Waals surface area contributed by atoms with Crippen LogP contribution in [-0.4, -0.2) is 37.5 Å². The number of amides is 1. The van der Waals surface area contributed by atoms with Crippen LogP contribution in [0.1, 0.15) is 12.8 Å². The highest BCUT2D eigenvalue weighted by atomic mass is 16.5. The lowest BCUT2D eigenvalue weighted by atomic mass is 10.2. The second-order valence-corrected chi connectivity index (χ2v) is 8.23. The summed E-state index contributed by atoms with van der Waals surface area (Å²) in [6.07, 6.45) is 4.64. The van der Waals surface area contributed by atoms with Crippen LogP contribution in [0, 0.1) is 0 Å². The van der Waals surface area contributed by atoms with Gasteiger partial charge in [-0.25, -0.2) is 9.78 Å². The smallest absolute Gasteiger partial charge is 0.333 e. The lowest BCUT2D eigenvalue weighted by Crippen LogP contribution is -2.39. The second-order valence-electron chi connectivity index (χ2n) is 8.23. The van der Waals surface area contributed by atoms with Gasteiger partial charge in [-0.2, -0.15) is 0 Å². The average Bonchev–Trinajstić information content (AvgIpc) is 3.44. The van der Waals surface area contributed by atoms with E-state index in [1.165, 1.54) is 6.08 Å². The van der Waals surface area contributed by atoms with Gasteiger partial charge in [0.25, 0.3) is 0 Å². The number of fused-ring (bicyclic) bond motifs is 1. The zero-order valence-electron chi connectivity index (χ0n) is 18.6. The van der Waals surface area contributed by atoms with Crippen LogP contribution in [0.25, 0.3) is 16.7 Å². The van der Waals surface area contributed by atoms with E-state index in [2.05, 4.69) is 11.6 Å². The molecular weight excluding hydrogens is 430 g/mol. The Hall–Kier alpha value is -4.33. The van der Waals surface area contributed by atoms with Crippen molar-refractivity contribution >= 4 is 22.8 Å². The number of para-hydroxylation sites is 1. The van der Waals surface area contributed by atoms with Crippen molar-refractivity contribution in [1.29, 1.82) is 0 Å². The maximum Gasteiger partial charge on any atom is 0.333 e. The topological polar surface area (TPSA) is 95.4 Å². The summed E-state index contributed by atoms with van der Waals surface area (Å²) in [5.74, 6) is 1.54. The van der Waals surface area contributed by atoms with Crippen molar-refractivity contribution in [2.75, 3.05) is 12.3 Å². The lowest BCUT2D eigenvalue weighted by molar-refractivity contribution is -0.127. The highest BCUT2D eigenvalue weighted by Gasteiger charge is 2.29. The Labute approximate surface area is 196 Å². The van der Waals surface area contributed by atoms with Gasteiger partial charge < -0.3 is 15.4 Å². The number of rotatable bonds is 6. The lowest BCUT2D eigenvalue weighted by Gasteiger charge is -2.23. The molecule has 8 heteroatoms. The molecule has 4 aromatic rings. The standard InChI is InChI=1S/C26H25N5O3/c1-2-23(32)29-16-6-7-19(29)17-30-22-14-15-28-25(27)24(22)31(26(30)33)18-10-12-21(13-11-18)34-20-8-4-3-5-9-20/h2-5,8-15,19H,1,6-7,16-17H2,(H2,27,28)/t19-/m0/s1. The number of nitrogens with zero attached hydrogens (tertiary/aromatic N) is 4. The summed E-state index contributed by atoms with van der Waals surface area (Å²) >= 11 is 0. The molecule has 0 bridgehead atoms. The number of benzene rings is 2. The first kappa shape index (κ1) is 21.5. The van der Waals surface area contributed by atoms with Crippen LogP contribution in [0.3, 0.4) is 0 Å². The minimum Gasteiger partial charge on any atom is -0.457 e. The zero-order valence-corrected chi connectivity index (χ0v) is 18.6. The van der Waals surface area contributed by atoms with E-state index in [1.807, 2.05) is 54.6 Å². The fourth-order valence-electron chi connectivity index (χ4n) is 4.57. The molecule has 2 N–H and O–H groups in total. The van der Waals surface area contributed by atoms with Crippen molar-refractivity contribution in [3.8, 4) is 17.2 Å². The molecule has 1 amide bonds. The van der Waals surface area contributed by atoms with Crippen LogP contribution in [-0.2, 0) is 11.3 Å². The first-order valence-corrected chi connectivity index (χ1v) is 11.2. The summed E-state index contributed by atoms with van der Waals surface area (Å²) in [5.41, 5.74) is 7.87. The third-order valence-electron chi connectivity index (χ3n) is 6.17. The molecule has 34 heavy (non-hydrogen) atoms. The molecule has 3 heterocycles. The third-order valence-corrected chi connectivity index (χ3v) is 6.17. The molecule has 0 saturated carbocycles. The molecule has 1 atom stereocenters. The van der Waals surface area contributed by atoms with Gasteiger partial charge in [0, 0.05) is 19.3 Å². The predicted molar refractivity (Wildman–Crippen MR) is 131 cm³/mol. The number of hydrogen-bond acceptors (Lipinski definition) is 5. The molecular formula is C26H25N5O3. The molecule has 172 valence electrons. The Bertz CT molecular complexity index is 1410. The number of anilines is 1. The number of aromatic nitrogens is 3. The molecule has 0 aliphatic carbocycles. The van der Waals surface area contributed by atoms with Gasteiger partial charge in [0.1, 0.15) is 22.8 Å². The van der Waals surface area contributed by atoms with Crippen molar-refractivity contribution in [3.05, 3.63) is 90.0 Å². The van der Waals surface area contributed by atoms with E-state index >= 15 is 0 Å². The van der Waals surface area contributed by atoms with Gasteiger partial charge in [0.05, 0.1) is 17.2 Å². The largest absolute Gasteiger partial charge is 0.457 e. The van der Waals surface area contributed by atoms with Crippen LogP contribution in [0.2, 0.25) is 0 Å². The number of imidazole rings is 1. The van der Waals surface area contributed by atoms with Gasteiger partial charge in [0.15, 0.2) is 0 Å². The Balaban J connectivity index is 1.53. The predicted octanol–water partition coefficient (Wildman–Crippen LogP) is 3.74. The number of likely N-dealkylation sites (tertiary alicyclic amines) is 1.